The summed E-state index contributed by atoms with van der Waals surface area (Å²) < 4.78 is 0. The van der Waals surface area contributed by atoms with Crippen molar-refractivity contribution in [1.82, 2.24) is 0 Å². The number of carbonyl (C=O) groups is 1. The first kappa shape index (κ1) is 8.59. The maximum atomic E-state index is 10.0. The molecule has 1 unspecified atom stereocenters. The van der Waals surface area contributed by atoms with Gasteiger partial charge in [0.05, 0.1) is 12.1 Å². The van der Waals surface area contributed by atoms with E-state index in [1.165, 1.54) is 0 Å². The average molecular weight is 131 g/mol. The van der Waals surface area contributed by atoms with Gasteiger partial charge in [-0.15, -0.1) is 0 Å². The molecule has 0 radical (unpaired) electrons. The minimum atomic E-state index is -0.537. The SMILES string of the molecule is CC(O)[C@H](C)[C@H](N)C=O. The third-order valence-corrected chi connectivity index (χ3v) is 1.53. The molecule has 0 aromatic rings. The molecule has 0 aliphatic heterocycles. The zero-order valence-electron chi connectivity index (χ0n) is 5.74. The van der Waals surface area contributed by atoms with Crippen LogP contribution < -0.4 is 5.73 Å². The monoisotopic (exact) mass is 131 g/mol. The van der Waals surface area contributed by atoms with E-state index in [1.807, 2.05) is 0 Å². The molecule has 0 saturated heterocycles. The van der Waals surface area contributed by atoms with Gasteiger partial charge in [-0.05, 0) is 6.92 Å². The Balaban J connectivity index is 3.71. The third-order valence-electron chi connectivity index (χ3n) is 1.53. The summed E-state index contributed by atoms with van der Waals surface area (Å²) in [6.45, 7) is 3.36. The molecule has 0 heterocycles. The van der Waals surface area contributed by atoms with Crippen molar-refractivity contribution in [2.75, 3.05) is 0 Å². The Hall–Kier alpha value is -0.410. The van der Waals surface area contributed by atoms with Gasteiger partial charge < -0.3 is 15.6 Å². The summed E-state index contributed by atoms with van der Waals surface area (Å²) in [6, 6.07) is -0.537. The van der Waals surface area contributed by atoms with Crippen molar-refractivity contribution in [2.24, 2.45) is 11.7 Å². The molecule has 0 aliphatic rings. The highest BCUT2D eigenvalue weighted by atomic mass is 16.3. The molecule has 0 amide bonds. The van der Waals surface area contributed by atoms with Crippen molar-refractivity contribution >= 4 is 6.29 Å². The van der Waals surface area contributed by atoms with Gasteiger partial charge in [0.15, 0.2) is 0 Å². The smallest absolute Gasteiger partial charge is 0.137 e. The zero-order valence-corrected chi connectivity index (χ0v) is 5.74. The molecule has 0 aromatic carbocycles. The van der Waals surface area contributed by atoms with E-state index < -0.39 is 12.1 Å². The van der Waals surface area contributed by atoms with Crippen LogP contribution in [0.4, 0.5) is 0 Å². The van der Waals surface area contributed by atoms with Crippen LogP contribution in [0.3, 0.4) is 0 Å². The molecule has 0 saturated carbocycles. The van der Waals surface area contributed by atoms with Gasteiger partial charge >= 0.3 is 0 Å². The fourth-order valence-corrected chi connectivity index (χ4v) is 0.446. The first-order chi connectivity index (χ1) is 4.09. The van der Waals surface area contributed by atoms with Crippen LogP contribution in [-0.4, -0.2) is 23.5 Å². The predicted molar refractivity (Wildman–Crippen MR) is 34.9 cm³/mol. The molecule has 54 valence electrons. The number of hydrogen-bond acceptors (Lipinski definition) is 3. The lowest BCUT2D eigenvalue weighted by Gasteiger charge is -2.16. The standard InChI is InChI=1S/C6H13NO2/c1-4(5(2)9)6(7)3-8/h3-6,9H,7H2,1-2H3/t4-,5?,6+/m0/s1. The van der Waals surface area contributed by atoms with E-state index in [9.17, 15) is 4.79 Å². The van der Waals surface area contributed by atoms with E-state index in [0.717, 1.165) is 0 Å². The molecule has 0 spiro atoms. The molecule has 0 rings (SSSR count). The van der Waals surface area contributed by atoms with Crippen LogP contribution >= 0.6 is 0 Å². The van der Waals surface area contributed by atoms with E-state index in [1.54, 1.807) is 13.8 Å². The molecule has 3 heteroatoms. The van der Waals surface area contributed by atoms with Gasteiger partial charge in [-0.25, -0.2) is 0 Å². The maximum Gasteiger partial charge on any atom is 0.137 e. The Kier molecular flexibility index (Phi) is 3.42. The summed E-state index contributed by atoms with van der Waals surface area (Å²) in [5, 5.41) is 8.88. The second-order valence-corrected chi connectivity index (χ2v) is 2.31. The zero-order chi connectivity index (χ0) is 7.44. The van der Waals surface area contributed by atoms with E-state index in [-0.39, 0.29) is 5.92 Å². The first-order valence-electron chi connectivity index (χ1n) is 2.98. The molecular weight excluding hydrogens is 118 g/mol. The van der Waals surface area contributed by atoms with Crippen LogP contribution in [-0.2, 0) is 4.79 Å². The molecule has 0 bridgehead atoms. The highest BCUT2D eigenvalue weighted by Gasteiger charge is 2.15. The molecule has 0 fully saturated rings. The molecule has 3 atom stereocenters. The normalized spacial score (nSPS) is 20.4. The molecule has 0 aromatic heterocycles. The molecular formula is C6H13NO2. The van der Waals surface area contributed by atoms with Crippen LogP contribution in [0.25, 0.3) is 0 Å². The van der Waals surface area contributed by atoms with E-state index in [0.29, 0.717) is 6.29 Å². The van der Waals surface area contributed by atoms with Crippen molar-refractivity contribution < 1.29 is 9.90 Å². The summed E-state index contributed by atoms with van der Waals surface area (Å²) in [5.74, 6) is -0.150. The summed E-state index contributed by atoms with van der Waals surface area (Å²) >= 11 is 0. The molecule has 0 aliphatic carbocycles. The number of aldehydes is 1. The fourth-order valence-electron chi connectivity index (χ4n) is 0.446. The predicted octanol–water partition coefficient (Wildman–Crippen LogP) is -0.471. The van der Waals surface area contributed by atoms with E-state index in [2.05, 4.69) is 0 Å². The van der Waals surface area contributed by atoms with Gasteiger partial charge in [-0.3, -0.25) is 0 Å². The van der Waals surface area contributed by atoms with Gasteiger partial charge in [0.1, 0.15) is 6.29 Å². The Morgan fingerprint density at radius 3 is 2.11 bits per heavy atom. The molecule has 3 nitrogen and oxygen atoms in total. The summed E-state index contributed by atoms with van der Waals surface area (Å²) in [5.41, 5.74) is 5.29. The minimum Gasteiger partial charge on any atom is -0.393 e. The van der Waals surface area contributed by atoms with E-state index >= 15 is 0 Å². The first-order valence-corrected chi connectivity index (χ1v) is 2.98. The molecule has 9 heavy (non-hydrogen) atoms. The summed E-state index contributed by atoms with van der Waals surface area (Å²) in [6.07, 6.45) is 0.141. The number of carbonyl (C=O) groups excluding carboxylic acids is 1. The lowest BCUT2D eigenvalue weighted by molar-refractivity contribution is -0.110. The van der Waals surface area contributed by atoms with Crippen molar-refractivity contribution in [3.63, 3.8) is 0 Å². The topological polar surface area (TPSA) is 63.3 Å². The highest BCUT2D eigenvalue weighted by Crippen LogP contribution is 2.03. The number of hydrogen-bond donors (Lipinski definition) is 2. The van der Waals surface area contributed by atoms with Gasteiger partial charge in [0.25, 0.3) is 0 Å². The second kappa shape index (κ2) is 3.58. The van der Waals surface area contributed by atoms with Crippen LogP contribution in [0.1, 0.15) is 13.8 Å². The Bertz CT molecular complexity index is 93.1. The van der Waals surface area contributed by atoms with Crippen molar-refractivity contribution in [3.8, 4) is 0 Å². The third kappa shape index (κ3) is 2.58. The number of rotatable bonds is 3. The summed E-state index contributed by atoms with van der Waals surface area (Å²) in [7, 11) is 0. The maximum absolute atomic E-state index is 10.0. The van der Waals surface area contributed by atoms with Crippen LogP contribution in [0.15, 0.2) is 0 Å². The Morgan fingerprint density at radius 1 is 1.56 bits per heavy atom. The van der Waals surface area contributed by atoms with Crippen molar-refractivity contribution in [2.45, 2.75) is 26.0 Å². The minimum absolute atomic E-state index is 0.150. The van der Waals surface area contributed by atoms with Gasteiger partial charge in [-0.1, -0.05) is 6.92 Å². The van der Waals surface area contributed by atoms with Gasteiger partial charge in [0.2, 0.25) is 0 Å². The number of aliphatic hydroxyl groups is 1. The van der Waals surface area contributed by atoms with Crippen molar-refractivity contribution in [1.29, 1.82) is 0 Å². The quantitative estimate of drug-likeness (QED) is 0.509. The lowest BCUT2D eigenvalue weighted by atomic mass is 9.99. The Labute approximate surface area is 54.9 Å². The Morgan fingerprint density at radius 2 is 2.00 bits per heavy atom. The number of aliphatic hydroxyl groups excluding tert-OH is 1. The average Bonchev–Trinajstić information content (AvgIpc) is 1.84. The van der Waals surface area contributed by atoms with Crippen LogP contribution in [0, 0.1) is 5.92 Å². The summed E-state index contributed by atoms with van der Waals surface area (Å²) in [4.78, 5) is 10.0. The molecule has 3 N–H and O–H groups in total. The van der Waals surface area contributed by atoms with Crippen LogP contribution in [0.2, 0.25) is 0 Å². The highest BCUT2D eigenvalue weighted by molar-refractivity contribution is 5.57. The second-order valence-electron chi connectivity index (χ2n) is 2.31. The largest absolute Gasteiger partial charge is 0.393 e. The van der Waals surface area contributed by atoms with Crippen molar-refractivity contribution in [3.05, 3.63) is 0 Å². The lowest BCUT2D eigenvalue weighted by Crippen LogP contribution is -2.35. The fraction of sp³-hybridized carbons (Fsp3) is 0.833. The van der Waals surface area contributed by atoms with Crippen LogP contribution in [0.5, 0.6) is 0 Å². The van der Waals surface area contributed by atoms with Gasteiger partial charge in [-0.2, -0.15) is 0 Å². The van der Waals surface area contributed by atoms with E-state index in [4.69, 9.17) is 10.8 Å². The number of nitrogens with two attached hydrogens (primary N) is 1. The van der Waals surface area contributed by atoms with Gasteiger partial charge in [0, 0.05) is 5.92 Å².